The molecule has 0 radical (unpaired) electrons. The molecular formula is C22H19F4NO5. The van der Waals surface area contributed by atoms with E-state index in [-0.39, 0.29) is 28.8 Å². The maximum Gasteiger partial charge on any atom is 0.573 e. The minimum absolute atomic E-state index is 0.00544. The Kier molecular flexibility index (Phi) is 6.71. The van der Waals surface area contributed by atoms with Crippen LogP contribution in [0.1, 0.15) is 23.7 Å². The quantitative estimate of drug-likeness (QED) is 0.427. The topological polar surface area (TPSA) is 77.6 Å². The van der Waals surface area contributed by atoms with Crippen molar-refractivity contribution in [3.05, 3.63) is 69.3 Å². The molecule has 0 aliphatic carbocycles. The van der Waals surface area contributed by atoms with Crippen LogP contribution in [0.2, 0.25) is 0 Å². The molecule has 0 amide bonds. The van der Waals surface area contributed by atoms with Crippen LogP contribution in [0.15, 0.2) is 41.2 Å². The number of halogens is 4. The van der Waals surface area contributed by atoms with E-state index in [9.17, 15) is 27.2 Å². The number of carbonyl (C=O) groups is 1. The molecule has 3 rings (SSSR count). The summed E-state index contributed by atoms with van der Waals surface area (Å²) >= 11 is 0. The highest BCUT2D eigenvalue weighted by atomic mass is 19.4. The molecule has 0 saturated heterocycles. The van der Waals surface area contributed by atoms with Gasteiger partial charge in [0.15, 0.2) is 12.0 Å². The lowest BCUT2D eigenvalue weighted by Gasteiger charge is -2.14. The number of aromatic nitrogens is 1. The van der Waals surface area contributed by atoms with Crippen molar-refractivity contribution in [1.29, 1.82) is 0 Å². The number of pyridine rings is 1. The Bertz CT molecular complexity index is 1190. The van der Waals surface area contributed by atoms with Crippen molar-refractivity contribution in [2.24, 2.45) is 0 Å². The molecule has 0 bridgehead atoms. The first kappa shape index (κ1) is 23.1. The van der Waals surface area contributed by atoms with Gasteiger partial charge in [-0.2, -0.15) is 0 Å². The zero-order valence-electron chi connectivity index (χ0n) is 17.1. The van der Waals surface area contributed by atoms with Gasteiger partial charge in [0.1, 0.15) is 17.3 Å². The number of hydrogen-bond donors (Lipinski definition) is 1. The number of fused-ring (bicyclic) bond motifs is 1. The number of ether oxygens (including phenoxy) is 3. The summed E-state index contributed by atoms with van der Waals surface area (Å²) in [7, 11) is 1.18. The average Bonchev–Trinajstić information content (AvgIpc) is 2.75. The summed E-state index contributed by atoms with van der Waals surface area (Å²) in [6.07, 6.45) is -4.35. The third-order valence-electron chi connectivity index (χ3n) is 4.72. The van der Waals surface area contributed by atoms with E-state index < -0.39 is 30.2 Å². The van der Waals surface area contributed by atoms with Gasteiger partial charge < -0.3 is 19.2 Å². The van der Waals surface area contributed by atoms with E-state index in [1.807, 2.05) is 0 Å². The van der Waals surface area contributed by atoms with Crippen LogP contribution < -0.4 is 14.9 Å². The number of rotatable bonds is 7. The second-order valence-electron chi connectivity index (χ2n) is 6.79. The van der Waals surface area contributed by atoms with E-state index in [0.717, 1.165) is 18.2 Å². The summed E-state index contributed by atoms with van der Waals surface area (Å²) in [4.78, 5) is 27.6. The summed E-state index contributed by atoms with van der Waals surface area (Å²) < 4.78 is 65.2. The number of hydrogen-bond acceptors (Lipinski definition) is 5. The van der Waals surface area contributed by atoms with Crippen LogP contribution in [0.4, 0.5) is 17.6 Å². The minimum Gasteiger partial charge on any atom is -0.481 e. The Morgan fingerprint density at radius 1 is 1.09 bits per heavy atom. The number of aromatic amines is 1. The zero-order chi connectivity index (χ0) is 23.5. The van der Waals surface area contributed by atoms with Crippen molar-refractivity contribution < 1.29 is 36.6 Å². The largest absolute Gasteiger partial charge is 0.573 e. The lowest BCUT2D eigenvalue weighted by Crippen LogP contribution is -2.19. The number of alkyl halides is 3. The minimum atomic E-state index is -4.81. The highest BCUT2D eigenvalue weighted by Gasteiger charge is 2.31. The molecule has 170 valence electrons. The van der Waals surface area contributed by atoms with Crippen LogP contribution in [0.25, 0.3) is 10.9 Å². The monoisotopic (exact) mass is 453 g/mol. The van der Waals surface area contributed by atoms with Crippen LogP contribution in [0.5, 0.6) is 11.5 Å². The fourth-order valence-electron chi connectivity index (χ4n) is 3.24. The van der Waals surface area contributed by atoms with Crippen LogP contribution in [-0.2, 0) is 22.4 Å². The number of carbonyl (C=O) groups excluding carboxylic acids is 1. The van der Waals surface area contributed by atoms with Crippen LogP contribution in [0.3, 0.4) is 0 Å². The number of esters is 1. The molecule has 0 saturated carbocycles. The van der Waals surface area contributed by atoms with Crippen molar-refractivity contribution in [3.63, 3.8) is 0 Å². The maximum atomic E-state index is 14.4. The molecule has 0 aliphatic heterocycles. The Balaban J connectivity index is 2.03. The van der Waals surface area contributed by atoms with Gasteiger partial charge in [0, 0.05) is 17.7 Å². The molecule has 10 heteroatoms. The van der Waals surface area contributed by atoms with E-state index in [1.54, 1.807) is 6.92 Å². The fraction of sp³-hybridized carbons (Fsp3) is 0.273. The van der Waals surface area contributed by atoms with E-state index in [2.05, 4.69) is 14.5 Å². The molecule has 0 aliphatic rings. The summed E-state index contributed by atoms with van der Waals surface area (Å²) in [5.74, 6) is -1.72. The standard InChI is InChI=1S/C22H19F4NO5/c1-3-16-14(10-12-4-6-13(7-5-12)32-22(24,25)26)21(29)19-17(31-11-18(28)30-2)9-8-15(23)20(19)27-16/h4-9H,3,10-11H2,1-2H3,(H,27,29). The molecular weight excluding hydrogens is 434 g/mol. The first-order valence-corrected chi connectivity index (χ1v) is 9.53. The van der Waals surface area contributed by atoms with Crippen LogP contribution in [-0.4, -0.2) is 31.0 Å². The molecule has 3 aromatic rings. The molecule has 0 spiro atoms. The molecule has 2 aromatic carbocycles. The van der Waals surface area contributed by atoms with Gasteiger partial charge in [-0.05, 0) is 36.2 Å². The molecule has 0 fully saturated rings. The van der Waals surface area contributed by atoms with Crippen molar-refractivity contribution in [2.75, 3.05) is 13.7 Å². The number of methoxy groups -OCH3 is 1. The van der Waals surface area contributed by atoms with Crippen molar-refractivity contribution >= 4 is 16.9 Å². The SMILES string of the molecule is CCc1[nH]c2c(F)ccc(OCC(=O)OC)c2c(=O)c1Cc1ccc(OC(F)(F)F)cc1. The fourth-order valence-corrected chi connectivity index (χ4v) is 3.24. The van der Waals surface area contributed by atoms with Crippen molar-refractivity contribution in [2.45, 2.75) is 26.1 Å². The third-order valence-corrected chi connectivity index (χ3v) is 4.72. The van der Waals surface area contributed by atoms with Gasteiger partial charge in [-0.25, -0.2) is 9.18 Å². The predicted molar refractivity (Wildman–Crippen MR) is 107 cm³/mol. The molecule has 1 heterocycles. The highest BCUT2D eigenvalue weighted by Crippen LogP contribution is 2.27. The van der Waals surface area contributed by atoms with Crippen molar-refractivity contribution in [1.82, 2.24) is 4.98 Å². The molecule has 1 aromatic heterocycles. The Morgan fingerprint density at radius 3 is 2.38 bits per heavy atom. The normalized spacial score (nSPS) is 11.4. The second-order valence-corrected chi connectivity index (χ2v) is 6.79. The van der Waals surface area contributed by atoms with E-state index in [1.165, 1.54) is 25.3 Å². The maximum absolute atomic E-state index is 14.4. The van der Waals surface area contributed by atoms with E-state index in [4.69, 9.17) is 4.74 Å². The van der Waals surface area contributed by atoms with Gasteiger partial charge in [-0.3, -0.25) is 4.79 Å². The highest BCUT2D eigenvalue weighted by molar-refractivity contribution is 5.87. The molecule has 0 unspecified atom stereocenters. The predicted octanol–water partition coefficient (Wildman–Crippen LogP) is 4.27. The summed E-state index contributed by atoms with van der Waals surface area (Å²) in [5, 5.41) is -0.0712. The third kappa shape index (κ3) is 5.19. The molecule has 32 heavy (non-hydrogen) atoms. The van der Waals surface area contributed by atoms with Gasteiger partial charge >= 0.3 is 12.3 Å². The lowest BCUT2D eigenvalue weighted by atomic mass is 9.99. The van der Waals surface area contributed by atoms with E-state index in [0.29, 0.717) is 23.2 Å². The number of nitrogens with one attached hydrogen (secondary N) is 1. The lowest BCUT2D eigenvalue weighted by molar-refractivity contribution is -0.274. The smallest absolute Gasteiger partial charge is 0.481 e. The summed E-state index contributed by atoms with van der Waals surface area (Å²) in [6, 6.07) is 7.47. The van der Waals surface area contributed by atoms with Gasteiger partial charge in [0.25, 0.3) is 0 Å². The van der Waals surface area contributed by atoms with E-state index >= 15 is 0 Å². The van der Waals surface area contributed by atoms with Crippen molar-refractivity contribution in [3.8, 4) is 11.5 Å². The number of H-pyrrole nitrogens is 1. The number of aryl methyl sites for hydroxylation is 1. The molecule has 6 nitrogen and oxygen atoms in total. The molecule has 0 atom stereocenters. The number of benzene rings is 2. The van der Waals surface area contributed by atoms with Gasteiger partial charge in [0.2, 0.25) is 0 Å². The summed E-state index contributed by atoms with van der Waals surface area (Å²) in [5.41, 5.74) is 0.755. The molecule has 1 N–H and O–H groups in total. The second kappa shape index (κ2) is 9.29. The van der Waals surface area contributed by atoms with Crippen LogP contribution >= 0.6 is 0 Å². The zero-order valence-corrected chi connectivity index (χ0v) is 17.1. The Labute approximate surface area is 179 Å². The Morgan fingerprint density at radius 2 is 1.78 bits per heavy atom. The van der Waals surface area contributed by atoms with Gasteiger partial charge in [0.05, 0.1) is 18.0 Å². The first-order valence-electron chi connectivity index (χ1n) is 9.53. The van der Waals surface area contributed by atoms with Gasteiger partial charge in [-0.1, -0.05) is 19.1 Å². The van der Waals surface area contributed by atoms with Crippen LogP contribution in [0, 0.1) is 5.82 Å². The summed E-state index contributed by atoms with van der Waals surface area (Å²) in [6.45, 7) is 1.30. The average molecular weight is 453 g/mol. The van der Waals surface area contributed by atoms with Gasteiger partial charge in [-0.15, -0.1) is 13.2 Å². The first-order chi connectivity index (χ1) is 15.1. The Hall–Kier alpha value is -3.56.